The van der Waals surface area contributed by atoms with E-state index in [9.17, 15) is 18.0 Å². The second kappa shape index (κ2) is 7.89. The van der Waals surface area contributed by atoms with E-state index in [1.165, 1.54) is 28.4 Å². The molecular formula is C20H21F3N3OS+. The minimum Gasteiger partial charge on any atom is -0.338 e. The van der Waals surface area contributed by atoms with E-state index in [0.717, 1.165) is 32.8 Å². The van der Waals surface area contributed by atoms with Gasteiger partial charge in [0.25, 0.3) is 5.91 Å². The molecule has 0 saturated carbocycles. The number of likely N-dealkylation sites (N-methyl/N-ethyl adjacent to an activating group) is 1. The van der Waals surface area contributed by atoms with E-state index in [1.54, 1.807) is 0 Å². The highest BCUT2D eigenvalue weighted by molar-refractivity contribution is 7.22. The van der Waals surface area contributed by atoms with Gasteiger partial charge in [-0.2, -0.15) is 13.2 Å². The molecule has 3 rings (SSSR count). The van der Waals surface area contributed by atoms with E-state index >= 15 is 0 Å². The van der Waals surface area contributed by atoms with Crippen LogP contribution < -0.4 is 9.80 Å². The molecule has 2 aromatic carbocycles. The first-order chi connectivity index (χ1) is 13.2. The van der Waals surface area contributed by atoms with E-state index in [2.05, 4.69) is 4.98 Å². The SMILES string of the molecule is Cc1cccc2sc(N(CC[NH+](C)C)C(=O)c3cccc(C(F)(F)F)c3)nc12. The van der Waals surface area contributed by atoms with Crippen LogP contribution in [0.5, 0.6) is 0 Å². The van der Waals surface area contributed by atoms with E-state index in [-0.39, 0.29) is 5.56 Å². The lowest BCUT2D eigenvalue weighted by molar-refractivity contribution is -0.856. The summed E-state index contributed by atoms with van der Waals surface area (Å²) in [6.45, 7) is 2.94. The molecular weight excluding hydrogens is 387 g/mol. The molecule has 0 saturated heterocycles. The number of carbonyl (C=O) groups excluding carboxylic acids is 1. The number of thiazole rings is 1. The maximum absolute atomic E-state index is 13.1. The zero-order valence-electron chi connectivity index (χ0n) is 15.8. The normalized spacial score (nSPS) is 12.0. The lowest BCUT2D eigenvalue weighted by Gasteiger charge is -2.21. The van der Waals surface area contributed by atoms with E-state index in [0.29, 0.717) is 18.2 Å². The Hall–Kier alpha value is -2.45. The summed E-state index contributed by atoms with van der Waals surface area (Å²) in [6.07, 6.45) is -4.50. The van der Waals surface area contributed by atoms with Gasteiger partial charge in [-0.05, 0) is 36.8 Å². The average molecular weight is 408 g/mol. The second-order valence-corrected chi connectivity index (χ2v) is 7.92. The first kappa shape index (κ1) is 20.3. The van der Waals surface area contributed by atoms with Crippen molar-refractivity contribution in [2.75, 3.05) is 32.1 Å². The number of para-hydroxylation sites is 1. The molecule has 0 aliphatic carbocycles. The predicted octanol–water partition coefficient (Wildman–Crippen LogP) is 3.41. The van der Waals surface area contributed by atoms with Gasteiger partial charge in [-0.15, -0.1) is 0 Å². The first-order valence-corrected chi connectivity index (χ1v) is 9.63. The van der Waals surface area contributed by atoms with Crippen molar-refractivity contribution >= 4 is 32.6 Å². The van der Waals surface area contributed by atoms with Crippen molar-refractivity contribution in [1.82, 2.24) is 4.98 Å². The number of quaternary nitrogens is 1. The largest absolute Gasteiger partial charge is 0.416 e. The molecule has 148 valence electrons. The summed E-state index contributed by atoms with van der Waals surface area (Å²) in [4.78, 5) is 20.3. The fourth-order valence-electron chi connectivity index (χ4n) is 2.79. The molecule has 1 heterocycles. The Morgan fingerprint density at radius 2 is 1.89 bits per heavy atom. The monoisotopic (exact) mass is 408 g/mol. The van der Waals surface area contributed by atoms with Crippen molar-refractivity contribution in [2.45, 2.75) is 13.1 Å². The molecule has 28 heavy (non-hydrogen) atoms. The topological polar surface area (TPSA) is 37.6 Å². The number of aryl methyl sites for hydroxylation is 1. The van der Waals surface area contributed by atoms with Crippen LogP contribution in [-0.2, 0) is 6.18 Å². The summed E-state index contributed by atoms with van der Waals surface area (Å²) in [5.74, 6) is -0.482. The molecule has 3 aromatic rings. The van der Waals surface area contributed by atoms with E-state index in [1.807, 2.05) is 39.2 Å². The fraction of sp³-hybridized carbons (Fsp3) is 0.300. The number of anilines is 1. The van der Waals surface area contributed by atoms with Gasteiger partial charge in [0.15, 0.2) is 5.13 Å². The van der Waals surface area contributed by atoms with Gasteiger partial charge in [-0.1, -0.05) is 29.5 Å². The van der Waals surface area contributed by atoms with Crippen LogP contribution in [-0.4, -0.2) is 38.1 Å². The third kappa shape index (κ3) is 4.34. The Kier molecular flexibility index (Phi) is 5.71. The number of carbonyl (C=O) groups is 1. The number of rotatable bonds is 5. The number of benzene rings is 2. The van der Waals surface area contributed by atoms with Crippen LogP contribution in [0.15, 0.2) is 42.5 Å². The van der Waals surface area contributed by atoms with Crippen molar-refractivity contribution in [1.29, 1.82) is 0 Å². The van der Waals surface area contributed by atoms with Gasteiger partial charge in [0.1, 0.15) is 0 Å². The van der Waals surface area contributed by atoms with Crippen molar-refractivity contribution in [3.63, 3.8) is 0 Å². The third-order valence-corrected chi connectivity index (χ3v) is 5.40. The molecule has 0 spiro atoms. The highest BCUT2D eigenvalue weighted by Gasteiger charge is 2.32. The van der Waals surface area contributed by atoms with Gasteiger partial charge < -0.3 is 4.90 Å². The van der Waals surface area contributed by atoms with Crippen LogP contribution in [0.25, 0.3) is 10.2 Å². The number of alkyl halides is 3. The van der Waals surface area contributed by atoms with E-state index < -0.39 is 17.6 Å². The molecule has 0 atom stereocenters. The van der Waals surface area contributed by atoms with Gasteiger partial charge in [-0.3, -0.25) is 9.69 Å². The Balaban J connectivity index is 2.01. The number of aromatic nitrogens is 1. The fourth-order valence-corrected chi connectivity index (χ4v) is 3.86. The Morgan fingerprint density at radius 1 is 1.18 bits per heavy atom. The third-order valence-electron chi connectivity index (χ3n) is 4.36. The average Bonchev–Trinajstić information content (AvgIpc) is 3.06. The Labute approximate surface area is 165 Å². The highest BCUT2D eigenvalue weighted by atomic mass is 32.1. The second-order valence-electron chi connectivity index (χ2n) is 6.91. The number of nitrogens with one attached hydrogen (secondary N) is 1. The maximum Gasteiger partial charge on any atom is 0.416 e. The number of amides is 1. The zero-order valence-corrected chi connectivity index (χ0v) is 16.6. The van der Waals surface area contributed by atoms with Crippen molar-refractivity contribution in [3.8, 4) is 0 Å². The zero-order chi connectivity index (χ0) is 20.5. The summed E-state index contributed by atoms with van der Waals surface area (Å²) >= 11 is 1.37. The van der Waals surface area contributed by atoms with Crippen molar-refractivity contribution < 1.29 is 22.9 Å². The highest BCUT2D eigenvalue weighted by Crippen LogP contribution is 2.33. The number of nitrogens with zero attached hydrogens (tertiary/aromatic N) is 2. The van der Waals surface area contributed by atoms with Gasteiger partial charge in [0.2, 0.25) is 0 Å². The summed E-state index contributed by atoms with van der Waals surface area (Å²) in [7, 11) is 3.91. The minimum atomic E-state index is -4.50. The molecule has 0 unspecified atom stereocenters. The molecule has 8 heteroatoms. The molecule has 0 aliphatic heterocycles. The molecule has 1 amide bonds. The maximum atomic E-state index is 13.1. The summed E-state index contributed by atoms with van der Waals surface area (Å²) < 4.78 is 40.1. The lowest BCUT2D eigenvalue weighted by atomic mass is 10.1. The Morgan fingerprint density at radius 3 is 2.54 bits per heavy atom. The van der Waals surface area contributed by atoms with Crippen LogP contribution in [0, 0.1) is 6.92 Å². The van der Waals surface area contributed by atoms with Gasteiger partial charge in [-0.25, -0.2) is 4.98 Å². The predicted molar refractivity (Wildman–Crippen MR) is 105 cm³/mol. The molecule has 0 bridgehead atoms. The standard InChI is InChI=1S/C20H20F3N3OS/c1-13-6-4-9-16-17(13)24-19(28-16)26(11-10-25(2)3)18(27)14-7-5-8-15(12-14)20(21,22)23/h4-9,12H,10-11H2,1-3H3/p+1. The molecule has 1 aromatic heterocycles. The van der Waals surface area contributed by atoms with E-state index in [4.69, 9.17) is 0 Å². The molecule has 0 radical (unpaired) electrons. The molecule has 0 aliphatic rings. The van der Waals surface area contributed by atoms with Crippen LogP contribution in [0.4, 0.5) is 18.3 Å². The Bertz CT molecular complexity index is 998. The quantitative estimate of drug-likeness (QED) is 0.703. The van der Waals surface area contributed by atoms with Crippen LogP contribution in [0.1, 0.15) is 21.5 Å². The van der Waals surface area contributed by atoms with Gasteiger partial charge >= 0.3 is 6.18 Å². The van der Waals surface area contributed by atoms with Crippen LogP contribution >= 0.6 is 11.3 Å². The lowest BCUT2D eigenvalue weighted by Crippen LogP contribution is -3.06. The van der Waals surface area contributed by atoms with Gasteiger partial charge in [0.05, 0.1) is 43.0 Å². The van der Waals surface area contributed by atoms with Crippen molar-refractivity contribution in [2.24, 2.45) is 0 Å². The minimum absolute atomic E-state index is 0.000408. The molecule has 0 fully saturated rings. The molecule has 4 nitrogen and oxygen atoms in total. The van der Waals surface area contributed by atoms with Gasteiger partial charge in [0, 0.05) is 5.56 Å². The van der Waals surface area contributed by atoms with Crippen LogP contribution in [0.3, 0.4) is 0 Å². The van der Waals surface area contributed by atoms with Crippen LogP contribution in [0.2, 0.25) is 0 Å². The summed E-state index contributed by atoms with van der Waals surface area (Å²) in [5, 5.41) is 0.493. The molecule has 1 N–H and O–H groups in total. The summed E-state index contributed by atoms with van der Waals surface area (Å²) in [5.41, 5.74) is 0.961. The summed E-state index contributed by atoms with van der Waals surface area (Å²) in [6, 6.07) is 10.3. The number of hydrogen-bond acceptors (Lipinski definition) is 3. The smallest absolute Gasteiger partial charge is 0.338 e. The van der Waals surface area contributed by atoms with Crippen molar-refractivity contribution in [3.05, 3.63) is 59.2 Å². The number of fused-ring (bicyclic) bond motifs is 1. The number of halogens is 3. The first-order valence-electron chi connectivity index (χ1n) is 8.81. The number of hydrogen-bond donors (Lipinski definition) is 1.